The van der Waals surface area contributed by atoms with E-state index in [9.17, 15) is 0 Å². The Balaban J connectivity index is 1.95. The topological polar surface area (TPSA) is 65.4 Å². The average molecular weight is 365 g/mol. The van der Waals surface area contributed by atoms with Crippen LogP contribution < -0.4 is 10.5 Å². The van der Waals surface area contributed by atoms with Crippen molar-refractivity contribution in [3.05, 3.63) is 65.4 Å². The van der Waals surface area contributed by atoms with Crippen molar-refractivity contribution in [3.63, 3.8) is 0 Å². The number of rotatable bonds is 3. The number of halogens is 1. The standard InChI is InChI=1S/C20H17ClN4O/c1-12-18(15-5-3-4-6-17(15)26-2)20-23-11-16(19(22)25(20)24-12)13-7-9-14(21)10-8-13/h3-11H,22H2,1-2H3. The molecule has 0 saturated carbocycles. The van der Waals surface area contributed by atoms with Crippen LogP contribution in [0.1, 0.15) is 5.69 Å². The first kappa shape index (κ1) is 16.4. The molecule has 2 aromatic heterocycles. The van der Waals surface area contributed by atoms with Crippen LogP contribution in [0.15, 0.2) is 54.7 Å². The maximum Gasteiger partial charge on any atom is 0.165 e. The van der Waals surface area contributed by atoms with Gasteiger partial charge in [0.05, 0.1) is 18.4 Å². The fourth-order valence-corrected chi connectivity index (χ4v) is 3.25. The van der Waals surface area contributed by atoms with Crippen molar-refractivity contribution in [1.29, 1.82) is 0 Å². The van der Waals surface area contributed by atoms with E-state index in [-0.39, 0.29) is 0 Å². The van der Waals surface area contributed by atoms with Crippen LogP contribution in [-0.2, 0) is 0 Å². The number of aromatic nitrogens is 3. The maximum atomic E-state index is 6.42. The number of nitrogens with two attached hydrogens (primary N) is 1. The number of nitrogen functional groups attached to an aromatic ring is 1. The van der Waals surface area contributed by atoms with Gasteiger partial charge in [-0.3, -0.25) is 0 Å². The number of nitrogens with zero attached hydrogens (tertiary/aromatic N) is 3. The van der Waals surface area contributed by atoms with Crippen LogP contribution in [0.25, 0.3) is 27.9 Å². The minimum absolute atomic E-state index is 0.529. The van der Waals surface area contributed by atoms with Crippen LogP contribution in [0.2, 0.25) is 5.02 Å². The van der Waals surface area contributed by atoms with E-state index in [0.29, 0.717) is 16.5 Å². The van der Waals surface area contributed by atoms with Crippen LogP contribution in [0.5, 0.6) is 5.75 Å². The van der Waals surface area contributed by atoms with Crippen LogP contribution in [0, 0.1) is 6.92 Å². The Morgan fingerprint density at radius 1 is 1.04 bits per heavy atom. The number of methoxy groups -OCH3 is 1. The van der Waals surface area contributed by atoms with Crippen LogP contribution in [-0.4, -0.2) is 21.7 Å². The Morgan fingerprint density at radius 3 is 2.50 bits per heavy atom. The summed E-state index contributed by atoms with van der Waals surface area (Å²) in [5.41, 5.74) is 11.5. The van der Waals surface area contributed by atoms with E-state index >= 15 is 0 Å². The smallest absolute Gasteiger partial charge is 0.165 e. The van der Waals surface area contributed by atoms with Gasteiger partial charge in [0.2, 0.25) is 0 Å². The summed E-state index contributed by atoms with van der Waals surface area (Å²) in [5.74, 6) is 1.30. The third-order valence-electron chi connectivity index (χ3n) is 4.39. The maximum absolute atomic E-state index is 6.42. The molecule has 0 spiro atoms. The van der Waals surface area contributed by atoms with Crippen molar-refractivity contribution in [2.75, 3.05) is 12.8 Å². The molecular weight excluding hydrogens is 348 g/mol. The molecule has 2 N–H and O–H groups in total. The molecule has 0 radical (unpaired) electrons. The largest absolute Gasteiger partial charge is 0.496 e. The van der Waals surface area contributed by atoms with Gasteiger partial charge >= 0.3 is 0 Å². The lowest BCUT2D eigenvalue weighted by Gasteiger charge is -2.09. The van der Waals surface area contributed by atoms with Crippen molar-refractivity contribution >= 4 is 23.1 Å². The summed E-state index contributed by atoms with van der Waals surface area (Å²) in [7, 11) is 1.65. The SMILES string of the molecule is COc1ccccc1-c1c(C)nn2c(N)c(-c3ccc(Cl)cc3)cnc12. The first-order valence-electron chi connectivity index (χ1n) is 8.13. The number of hydrogen-bond acceptors (Lipinski definition) is 4. The van der Waals surface area contributed by atoms with Gasteiger partial charge in [-0.05, 0) is 30.7 Å². The molecule has 0 aliphatic carbocycles. The molecule has 26 heavy (non-hydrogen) atoms. The third-order valence-corrected chi connectivity index (χ3v) is 4.64. The quantitative estimate of drug-likeness (QED) is 0.576. The van der Waals surface area contributed by atoms with E-state index in [1.54, 1.807) is 17.8 Å². The highest BCUT2D eigenvalue weighted by Crippen LogP contribution is 2.36. The number of anilines is 1. The Labute approximate surface area is 156 Å². The Hall–Kier alpha value is -3.05. The molecule has 0 aliphatic heterocycles. The van der Waals surface area contributed by atoms with Gasteiger partial charge in [-0.2, -0.15) is 9.61 Å². The zero-order chi connectivity index (χ0) is 18.3. The first-order valence-corrected chi connectivity index (χ1v) is 8.51. The zero-order valence-corrected chi connectivity index (χ0v) is 15.2. The van der Waals surface area contributed by atoms with Gasteiger partial charge in [-0.1, -0.05) is 41.9 Å². The van der Waals surface area contributed by atoms with Gasteiger partial charge in [-0.25, -0.2) is 4.98 Å². The van der Waals surface area contributed by atoms with Crippen molar-refractivity contribution in [3.8, 4) is 28.0 Å². The fourth-order valence-electron chi connectivity index (χ4n) is 3.13. The van der Waals surface area contributed by atoms with E-state index in [1.807, 2.05) is 55.5 Å². The summed E-state index contributed by atoms with van der Waals surface area (Å²) in [6.45, 7) is 1.94. The molecule has 5 nitrogen and oxygen atoms in total. The van der Waals surface area contributed by atoms with Gasteiger partial charge < -0.3 is 10.5 Å². The van der Waals surface area contributed by atoms with Crippen molar-refractivity contribution in [2.24, 2.45) is 0 Å². The average Bonchev–Trinajstić information content (AvgIpc) is 3.00. The summed E-state index contributed by atoms with van der Waals surface area (Å²) in [5, 5.41) is 5.29. The summed E-state index contributed by atoms with van der Waals surface area (Å²) in [6, 6.07) is 15.3. The van der Waals surface area contributed by atoms with Crippen LogP contribution >= 0.6 is 11.6 Å². The molecule has 0 amide bonds. The van der Waals surface area contributed by atoms with Crippen LogP contribution in [0.3, 0.4) is 0 Å². The minimum atomic E-state index is 0.529. The summed E-state index contributed by atoms with van der Waals surface area (Å²) in [6.07, 6.45) is 1.77. The van der Waals surface area contributed by atoms with Gasteiger partial charge in [0.15, 0.2) is 5.65 Å². The summed E-state index contributed by atoms with van der Waals surface area (Å²) < 4.78 is 7.18. The normalized spacial score (nSPS) is 11.0. The van der Waals surface area contributed by atoms with E-state index in [2.05, 4.69) is 10.1 Å². The predicted molar refractivity (Wildman–Crippen MR) is 105 cm³/mol. The molecule has 6 heteroatoms. The molecule has 4 aromatic rings. The van der Waals surface area contributed by atoms with Gasteiger partial charge in [0.25, 0.3) is 0 Å². The van der Waals surface area contributed by atoms with E-state index in [4.69, 9.17) is 22.1 Å². The molecule has 0 fully saturated rings. The van der Waals surface area contributed by atoms with Gasteiger partial charge in [0.1, 0.15) is 11.6 Å². The van der Waals surface area contributed by atoms with Crippen molar-refractivity contribution in [2.45, 2.75) is 6.92 Å². The number of aryl methyl sites for hydroxylation is 1. The van der Waals surface area contributed by atoms with E-state index in [1.165, 1.54) is 0 Å². The number of fused-ring (bicyclic) bond motifs is 1. The lowest BCUT2D eigenvalue weighted by molar-refractivity contribution is 0.416. The molecule has 4 rings (SSSR count). The Bertz CT molecular complexity index is 1100. The number of hydrogen-bond donors (Lipinski definition) is 1. The highest BCUT2D eigenvalue weighted by molar-refractivity contribution is 6.30. The Kier molecular flexibility index (Phi) is 4.01. The van der Waals surface area contributed by atoms with E-state index in [0.717, 1.165) is 33.7 Å². The second-order valence-corrected chi connectivity index (χ2v) is 6.40. The molecular formula is C20H17ClN4O. The molecule has 0 saturated heterocycles. The lowest BCUT2D eigenvalue weighted by Crippen LogP contribution is -2.03. The second kappa shape index (κ2) is 6.35. The van der Waals surface area contributed by atoms with Gasteiger partial charge in [-0.15, -0.1) is 0 Å². The number of para-hydroxylation sites is 1. The molecule has 0 unspecified atom stereocenters. The van der Waals surface area contributed by atoms with Crippen LogP contribution in [0.4, 0.5) is 5.82 Å². The first-order chi connectivity index (χ1) is 12.6. The fraction of sp³-hybridized carbons (Fsp3) is 0.100. The number of benzene rings is 2. The second-order valence-electron chi connectivity index (χ2n) is 5.96. The third kappa shape index (κ3) is 2.57. The molecule has 0 atom stereocenters. The molecule has 2 heterocycles. The van der Waals surface area contributed by atoms with E-state index < -0.39 is 0 Å². The zero-order valence-electron chi connectivity index (χ0n) is 14.4. The highest BCUT2D eigenvalue weighted by Gasteiger charge is 2.19. The monoisotopic (exact) mass is 364 g/mol. The van der Waals surface area contributed by atoms with Gasteiger partial charge in [0, 0.05) is 22.3 Å². The number of ether oxygens (including phenoxy) is 1. The molecule has 2 aromatic carbocycles. The van der Waals surface area contributed by atoms with Crippen molar-refractivity contribution < 1.29 is 4.74 Å². The summed E-state index contributed by atoms with van der Waals surface area (Å²) in [4.78, 5) is 4.65. The predicted octanol–water partition coefficient (Wildman–Crippen LogP) is 4.62. The Morgan fingerprint density at radius 2 is 1.77 bits per heavy atom. The summed E-state index contributed by atoms with van der Waals surface area (Å²) >= 11 is 5.98. The van der Waals surface area contributed by atoms with Crippen molar-refractivity contribution in [1.82, 2.24) is 14.6 Å². The molecule has 130 valence electrons. The minimum Gasteiger partial charge on any atom is -0.496 e. The molecule has 0 aliphatic rings. The molecule has 0 bridgehead atoms. The lowest BCUT2D eigenvalue weighted by atomic mass is 10.0. The highest BCUT2D eigenvalue weighted by atomic mass is 35.5.